The van der Waals surface area contributed by atoms with Crippen LogP contribution in [0.2, 0.25) is 0 Å². The lowest BCUT2D eigenvalue weighted by Gasteiger charge is -2.25. The predicted octanol–water partition coefficient (Wildman–Crippen LogP) is 3.99. The zero-order valence-electron chi connectivity index (χ0n) is 16.5. The van der Waals surface area contributed by atoms with Gasteiger partial charge in [-0.25, -0.2) is 4.79 Å². The second-order valence-electron chi connectivity index (χ2n) is 7.67. The number of aryl methyl sites for hydroxylation is 2. The molecule has 0 aliphatic carbocycles. The normalized spacial score (nSPS) is 16.9. The van der Waals surface area contributed by atoms with Gasteiger partial charge in [0.05, 0.1) is 11.8 Å². The minimum atomic E-state index is -0.302. The molecule has 1 aliphatic heterocycles. The van der Waals surface area contributed by atoms with Crippen molar-refractivity contribution in [1.82, 2.24) is 9.88 Å². The van der Waals surface area contributed by atoms with E-state index >= 15 is 0 Å². The van der Waals surface area contributed by atoms with Gasteiger partial charge in [0, 0.05) is 43.9 Å². The molecule has 0 bridgehead atoms. The highest BCUT2D eigenvalue weighted by Gasteiger charge is 2.21. The summed E-state index contributed by atoms with van der Waals surface area (Å²) in [5.41, 5.74) is 4.54. The van der Waals surface area contributed by atoms with E-state index in [1.54, 1.807) is 6.07 Å². The summed E-state index contributed by atoms with van der Waals surface area (Å²) in [7, 11) is 0. The van der Waals surface area contributed by atoms with E-state index in [2.05, 4.69) is 22.9 Å². The quantitative estimate of drug-likeness (QED) is 0.607. The van der Waals surface area contributed by atoms with Crippen molar-refractivity contribution in [3.8, 4) is 0 Å². The Bertz CT molecular complexity index is 1010. The number of fused-ring (bicyclic) bond motifs is 1. The summed E-state index contributed by atoms with van der Waals surface area (Å²) in [6.07, 6.45) is 4.24. The first-order valence-corrected chi connectivity index (χ1v) is 9.86. The van der Waals surface area contributed by atoms with Gasteiger partial charge in [0.2, 0.25) is 0 Å². The first-order chi connectivity index (χ1) is 13.6. The second kappa shape index (κ2) is 8.25. The van der Waals surface area contributed by atoms with Crippen LogP contribution in [0.1, 0.15) is 35.2 Å². The lowest BCUT2D eigenvalue weighted by molar-refractivity contribution is 0.0676. The maximum absolute atomic E-state index is 12.2. The Balaban J connectivity index is 1.68. The molecule has 1 aliphatic rings. The van der Waals surface area contributed by atoms with Crippen LogP contribution in [0.15, 0.2) is 51.8 Å². The molecular formula is C23H26N2O3. The van der Waals surface area contributed by atoms with Crippen LogP contribution in [-0.2, 0) is 17.8 Å². The molecule has 0 N–H and O–H groups in total. The first-order valence-electron chi connectivity index (χ1n) is 9.86. The molecule has 0 radical (unpaired) electrons. The highest BCUT2D eigenvalue weighted by atomic mass is 16.5. The zero-order valence-corrected chi connectivity index (χ0v) is 16.5. The van der Waals surface area contributed by atoms with Crippen LogP contribution in [0, 0.1) is 13.8 Å². The highest BCUT2D eigenvalue weighted by Crippen LogP contribution is 2.25. The number of nitrogens with zero attached hydrogens (tertiary/aromatic N) is 2. The van der Waals surface area contributed by atoms with Crippen LogP contribution in [-0.4, -0.2) is 29.1 Å². The van der Waals surface area contributed by atoms with Crippen LogP contribution in [0.4, 0.5) is 0 Å². The van der Waals surface area contributed by atoms with Crippen molar-refractivity contribution in [2.75, 3.05) is 13.2 Å². The van der Waals surface area contributed by atoms with Crippen molar-refractivity contribution >= 4 is 11.0 Å². The standard InChI is InChI=1S/C23H26N2O3/c1-16-10-17(2)23-21(11-16)18(12-22(26)28-23)13-25(15-20-7-5-9-27-20)14-19-6-3-4-8-24-19/h3-4,6,8,10-12,20H,5,7,9,13-15H2,1-2H3/t20-/m0/s1. The molecule has 3 heterocycles. The molecule has 1 saturated heterocycles. The Morgan fingerprint density at radius 2 is 2.07 bits per heavy atom. The highest BCUT2D eigenvalue weighted by molar-refractivity contribution is 5.83. The molecule has 28 heavy (non-hydrogen) atoms. The van der Waals surface area contributed by atoms with Gasteiger partial charge in [-0.3, -0.25) is 9.88 Å². The zero-order chi connectivity index (χ0) is 19.5. The number of rotatable bonds is 6. The molecule has 0 saturated carbocycles. The second-order valence-corrected chi connectivity index (χ2v) is 7.67. The molecular weight excluding hydrogens is 352 g/mol. The maximum atomic E-state index is 12.2. The van der Waals surface area contributed by atoms with Gasteiger partial charge in [-0.2, -0.15) is 0 Å². The summed E-state index contributed by atoms with van der Waals surface area (Å²) in [6, 6.07) is 11.7. The third kappa shape index (κ3) is 4.32. The van der Waals surface area contributed by atoms with Crippen molar-refractivity contribution in [2.24, 2.45) is 0 Å². The van der Waals surface area contributed by atoms with E-state index < -0.39 is 0 Å². The molecule has 1 aromatic carbocycles. The molecule has 1 fully saturated rings. The molecule has 0 amide bonds. The molecule has 0 spiro atoms. The van der Waals surface area contributed by atoms with E-state index in [0.717, 1.165) is 53.8 Å². The molecule has 146 valence electrons. The summed E-state index contributed by atoms with van der Waals surface area (Å²) in [4.78, 5) is 19.0. The Labute approximate surface area is 165 Å². The van der Waals surface area contributed by atoms with Crippen LogP contribution in [0.3, 0.4) is 0 Å². The van der Waals surface area contributed by atoms with Gasteiger partial charge in [-0.1, -0.05) is 12.1 Å². The van der Waals surface area contributed by atoms with E-state index in [1.165, 1.54) is 0 Å². The predicted molar refractivity (Wildman–Crippen MR) is 109 cm³/mol. The van der Waals surface area contributed by atoms with Crippen molar-refractivity contribution in [1.29, 1.82) is 0 Å². The Kier molecular flexibility index (Phi) is 5.55. The molecule has 0 unspecified atom stereocenters. The summed E-state index contributed by atoms with van der Waals surface area (Å²) in [5.74, 6) is 0. The van der Waals surface area contributed by atoms with E-state index in [4.69, 9.17) is 9.15 Å². The minimum Gasteiger partial charge on any atom is -0.422 e. The van der Waals surface area contributed by atoms with Crippen LogP contribution in [0.25, 0.3) is 11.0 Å². The first kappa shape index (κ1) is 18.8. The molecule has 3 aromatic rings. The van der Waals surface area contributed by atoms with Crippen molar-refractivity contribution in [3.63, 3.8) is 0 Å². The van der Waals surface area contributed by atoms with E-state index in [1.807, 2.05) is 37.4 Å². The molecule has 4 rings (SSSR count). The summed E-state index contributed by atoms with van der Waals surface area (Å²) in [6.45, 7) is 7.08. The Morgan fingerprint density at radius 3 is 2.82 bits per heavy atom. The maximum Gasteiger partial charge on any atom is 0.336 e. The number of pyridine rings is 1. The third-order valence-corrected chi connectivity index (χ3v) is 5.25. The van der Waals surface area contributed by atoms with E-state index in [9.17, 15) is 4.79 Å². The monoisotopic (exact) mass is 378 g/mol. The summed E-state index contributed by atoms with van der Waals surface area (Å²) in [5, 5.41) is 1.01. The lowest BCUT2D eigenvalue weighted by Crippen LogP contribution is -2.32. The lowest BCUT2D eigenvalue weighted by atomic mass is 10.0. The topological polar surface area (TPSA) is 55.6 Å². The Hall–Kier alpha value is -2.50. The molecule has 5 nitrogen and oxygen atoms in total. The SMILES string of the molecule is Cc1cc(C)c2oc(=O)cc(CN(Cc3ccccn3)C[C@@H]3CCCO3)c2c1. The van der Waals surface area contributed by atoms with Gasteiger partial charge in [0.15, 0.2) is 0 Å². The summed E-state index contributed by atoms with van der Waals surface area (Å²) < 4.78 is 11.4. The largest absolute Gasteiger partial charge is 0.422 e. The van der Waals surface area contributed by atoms with Gasteiger partial charge in [0.25, 0.3) is 0 Å². The average Bonchev–Trinajstić information content (AvgIpc) is 3.16. The summed E-state index contributed by atoms with van der Waals surface area (Å²) >= 11 is 0. The number of benzene rings is 1. The Morgan fingerprint density at radius 1 is 1.18 bits per heavy atom. The van der Waals surface area contributed by atoms with Crippen molar-refractivity contribution in [2.45, 2.75) is 45.9 Å². The van der Waals surface area contributed by atoms with Crippen LogP contribution < -0.4 is 5.63 Å². The fraction of sp³-hybridized carbons (Fsp3) is 0.391. The van der Waals surface area contributed by atoms with Crippen LogP contribution >= 0.6 is 0 Å². The number of hydrogen-bond donors (Lipinski definition) is 0. The van der Waals surface area contributed by atoms with Gasteiger partial charge in [-0.05, 0) is 61.6 Å². The van der Waals surface area contributed by atoms with Gasteiger partial charge >= 0.3 is 5.63 Å². The van der Waals surface area contributed by atoms with E-state index in [-0.39, 0.29) is 11.7 Å². The minimum absolute atomic E-state index is 0.235. The van der Waals surface area contributed by atoms with Gasteiger partial charge in [0.1, 0.15) is 5.58 Å². The smallest absolute Gasteiger partial charge is 0.336 e. The van der Waals surface area contributed by atoms with E-state index in [0.29, 0.717) is 18.7 Å². The third-order valence-electron chi connectivity index (χ3n) is 5.25. The van der Waals surface area contributed by atoms with Gasteiger partial charge in [-0.15, -0.1) is 0 Å². The average molecular weight is 378 g/mol. The molecule has 1 atom stereocenters. The fourth-order valence-corrected chi connectivity index (χ4v) is 4.03. The molecule has 5 heteroatoms. The van der Waals surface area contributed by atoms with Crippen molar-refractivity contribution in [3.05, 3.63) is 75.4 Å². The molecule has 2 aromatic heterocycles. The van der Waals surface area contributed by atoms with Gasteiger partial charge < -0.3 is 9.15 Å². The van der Waals surface area contributed by atoms with Crippen LogP contribution in [0.5, 0.6) is 0 Å². The van der Waals surface area contributed by atoms with Crippen molar-refractivity contribution < 1.29 is 9.15 Å². The number of ether oxygens (including phenoxy) is 1. The number of hydrogen-bond acceptors (Lipinski definition) is 5. The fourth-order valence-electron chi connectivity index (χ4n) is 4.03. The number of aromatic nitrogens is 1.